The van der Waals surface area contributed by atoms with Crippen LogP contribution in [0.5, 0.6) is 0 Å². The van der Waals surface area contributed by atoms with Gasteiger partial charge in [0.1, 0.15) is 12.1 Å². The van der Waals surface area contributed by atoms with E-state index in [-0.39, 0.29) is 38.9 Å². The average molecular weight is 448 g/mol. The molecule has 0 amide bonds. The van der Waals surface area contributed by atoms with Crippen molar-refractivity contribution in [1.82, 2.24) is 0 Å². The Morgan fingerprint density at radius 1 is 0.719 bits per heavy atom. The van der Waals surface area contributed by atoms with Gasteiger partial charge in [0.15, 0.2) is 5.54 Å². The van der Waals surface area contributed by atoms with Crippen LogP contribution in [-0.4, -0.2) is 80.3 Å². The molecule has 0 aromatic heterocycles. The Balaban J connectivity index is 6.64. The van der Waals surface area contributed by atoms with E-state index in [1.807, 2.05) is 12.1 Å². The van der Waals surface area contributed by atoms with Crippen LogP contribution >= 0.6 is 0 Å². The van der Waals surface area contributed by atoms with E-state index in [0.29, 0.717) is 0 Å². The van der Waals surface area contributed by atoms with Gasteiger partial charge in [-0.05, 0) is 38.2 Å². The molecule has 0 rings (SSSR count). The van der Waals surface area contributed by atoms with E-state index < -0.39 is 41.9 Å². The molecule has 0 aliphatic heterocycles. The van der Waals surface area contributed by atoms with Crippen molar-refractivity contribution in [2.75, 3.05) is 33.0 Å². The summed E-state index contributed by atoms with van der Waals surface area (Å²) in [5.74, 6) is 0. The molecular weight excluding hydrogens is 416 g/mol. The summed E-state index contributed by atoms with van der Waals surface area (Å²) in [7, 11) is 0. The molecule has 4 N–H and O–H groups in total. The molecule has 0 bridgehead atoms. The summed E-state index contributed by atoms with van der Waals surface area (Å²) in [6.45, 7) is 1.97. The van der Waals surface area contributed by atoms with Crippen LogP contribution in [0.2, 0.25) is 0 Å². The number of rotatable bonds is 14. The number of nitriles is 4. The molecule has 0 radical (unpaired) electrons. The Morgan fingerprint density at radius 2 is 1.28 bits per heavy atom. The normalized spacial score (nSPS) is 19.3. The molecule has 0 aromatic carbocycles. The highest BCUT2D eigenvalue weighted by atomic mass is 16.3. The number of aliphatic hydroxyl groups excluding tert-OH is 4. The zero-order valence-electron chi connectivity index (χ0n) is 18.7. The van der Waals surface area contributed by atoms with Gasteiger partial charge in [-0.15, -0.1) is 4.70 Å². The summed E-state index contributed by atoms with van der Waals surface area (Å²) in [6.07, 6.45) is 0.783. The summed E-state index contributed by atoms with van der Waals surface area (Å²) in [6, 6.07) is 7.71. The summed E-state index contributed by atoms with van der Waals surface area (Å²) < 4.78 is 1.18. The first-order valence-corrected chi connectivity index (χ1v) is 10.0. The molecule has 0 heterocycles. The smallest absolute Gasteiger partial charge is 0.269 e. The second-order valence-electron chi connectivity index (χ2n) is 8.13. The fourth-order valence-corrected chi connectivity index (χ4v) is 2.55. The van der Waals surface area contributed by atoms with Crippen molar-refractivity contribution < 1.29 is 25.1 Å². The lowest BCUT2D eigenvalue weighted by Gasteiger charge is -2.25. The zero-order chi connectivity index (χ0) is 24.9. The van der Waals surface area contributed by atoms with Gasteiger partial charge in [0, 0.05) is 26.6 Å². The third kappa shape index (κ3) is 7.92. The van der Waals surface area contributed by atoms with Gasteiger partial charge >= 0.3 is 0 Å². The van der Waals surface area contributed by atoms with Crippen LogP contribution in [0.1, 0.15) is 46.5 Å². The second-order valence-corrected chi connectivity index (χ2v) is 8.13. The lowest BCUT2D eigenvalue weighted by atomic mass is 9.94. The van der Waals surface area contributed by atoms with Crippen molar-refractivity contribution in [3.8, 4) is 24.3 Å². The van der Waals surface area contributed by atoms with Crippen LogP contribution in [0, 0.1) is 45.3 Å². The van der Waals surface area contributed by atoms with Crippen molar-refractivity contribution in [3.05, 3.63) is 0 Å². The second kappa shape index (κ2) is 12.8. The molecular formula is C20H31N8O4+. The molecule has 0 aromatic rings. The fraction of sp³-hybridized carbons (Fsp3) is 0.800. The third-order valence-corrected chi connectivity index (χ3v) is 4.93. The molecule has 0 fully saturated rings. The number of nitrogens with zero attached hydrogens (tertiary/aromatic N) is 8. The molecule has 0 aliphatic carbocycles. The molecule has 12 nitrogen and oxygen atoms in total. The molecule has 4 unspecified atom stereocenters. The first-order chi connectivity index (χ1) is 15.0. The lowest BCUT2D eigenvalue weighted by molar-refractivity contribution is -0.659. The molecule has 0 saturated carbocycles. The van der Waals surface area contributed by atoms with Gasteiger partial charge in [-0.25, -0.2) is 0 Å². The standard InChI is InChI=1S/C20H31N8O4/c1-17(10-21,6-4-8-29)27-28(19(3,12-23)7-5-9-30)14-20(13-24,16-32)26-25-18(2,11-22)15-31/h29-32H,4-9,14-16H2,1-3H3/q+1. The van der Waals surface area contributed by atoms with Gasteiger partial charge in [-0.1, -0.05) is 0 Å². The Kier molecular flexibility index (Phi) is 11.6. The molecule has 0 aliphatic rings. The topological polar surface area (TPSA) is 216 Å². The molecule has 0 saturated heterocycles. The van der Waals surface area contributed by atoms with Gasteiger partial charge in [0.05, 0.1) is 25.4 Å². The van der Waals surface area contributed by atoms with E-state index >= 15 is 0 Å². The maximum atomic E-state index is 9.97. The van der Waals surface area contributed by atoms with E-state index in [0.717, 1.165) is 0 Å². The van der Waals surface area contributed by atoms with Crippen molar-refractivity contribution in [2.45, 2.75) is 68.6 Å². The van der Waals surface area contributed by atoms with Crippen molar-refractivity contribution in [3.63, 3.8) is 0 Å². The monoisotopic (exact) mass is 447 g/mol. The number of hydrogen-bond acceptors (Lipinski definition) is 11. The maximum absolute atomic E-state index is 9.97. The van der Waals surface area contributed by atoms with E-state index in [9.17, 15) is 36.4 Å². The first-order valence-electron chi connectivity index (χ1n) is 10.0. The van der Waals surface area contributed by atoms with Crippen LogP contribution in [0.4, 0.5) is 0 Å². The molecule has 4 atom stereocenters. The summed E-state index contributed by atoms with van der Waals surface area (Å²) >= 11 is 0. The minimum atomic E-state index is -1.96. The Hall–Kier alpha value is -3.00. The zero-order valence-corrected chi connectivity index (χ0v) is 18.7. The summed E-state index contributed by atoms with van der Waals surface area (Å²) in [5, 5.41) is 88.2. The maximum Gasteiger partial charge on any atom is 0.269 e. The van der Waals surface area contributed by atoms with Crippen LogP contribution < -0.4 is 0 Å². The highest BCUT2D eigenvalue weighted by Crippen LogP contribution is 2.26. The van der Waals surface area contributed by atoms with Gasteiger partial charge in [0.2, 0.25) is 17.6 Å². The largest absolute Gasteiger partial charge is 0.396 e. The predicted molar refractivity (Wildman–Crippen MR) is 110 cm³/mol. The van der Waals surface area contributed by atoms with Gasteiger partial charge in [-0.3, -0.25) is 0 Å². The van der Waals surface area contributed by atoms with Crippen molar-refractivity contribution in [1.29, 1.82) is 21.0 Å². The SMILES string of the molecule is CC(C#N)(CO)N=NC(C#N)(CO)C[N+](=NC(C)(C#N)CCCO)C(C)(C#N)CCCO. The summed E-state index contributed by atoms with van der Waals surface area (Å²) in [5.41, 5.74) is -6.35. The number of azo groups is 3. The fourth-order valence-electron chi connectivity index (χ4n) is 2.55. The van der Waals surface area contributed by atoms with Gasteiger partial charge in [0.25, 0.3) is 5.54 Å². The highest BCUT2D eigenvalue weighted by Gasteiger charge is 2.47. The minimum Gasteiger partial charge on any atom is -0.396 e. The van der Waals surface area contributed by atoms with Crippen LogP contribution in [0.3, 0.4) is 0 Å². The minimum absolute atomic E-state index is 0.127. The summed E-state index contributed by atoms with van der Waals surface area (Å²) in [4.78, 5) is 0. The van der Waals surface area contributed by atoms with Crippen molar-refractivity contribution >= 4 is 0 Å². The predicted octanol–water partition coefficient (Wildman–Crippen LogP) is 0.542. The third-order valence-electron chi connectivity index (χ3n) is 4.93. The van der Waals surface area contributed by atoms with Crippen LogP contribution in [-0.2, 0) is 0 Å². The average Bonchev–Trinajstić information content (AvgIpc) is 2.83. The number of hydrogen-bond donors (Lipinski definition) is 4. The lowest BCUT2D eigenvalue weighted by Crippen LogP contribution is -2.49. The van der Waals surface area contributed by atoms with E-state index in [2.05, 4.69) is 21.4 Å². The van der Waals surface area contributed by atoms with E-state index in [1.54, 1.807) is 6.07 Å². The number of aliphatic hydroxyl groups is 4. The van der Waals surface area contributed by atoms with Crippen LogP contribution in [0.15, 0.2) is 15.3 Å². The Labute approximate surface area is 188 Å². The van der Waals surface area contributed by atoms with Gasteiger partial charge in [-0.2, -0.15) is 31.3 Å². The van der Waals surface area contributed by atoms with Crippen LogP contribution in [0.25, 0.3) is 0 Å². The van der Waals surface area contributed by atoms with Gasteiger partial charge < -0.3 is 20.4 Å². The Bertz CT molecular complexity index is 852. The van der Waals surface area contributed by atoms with Crippen molar-refractivity contribution in [2.24, 2.45) is 15.3 Å². The highest BCUT2D eigenvalue weighted by molar-refractivity contribution is 5.10. The molecule has 12 heteroatoms. The van der Waals surface area contributed by atoms with E-state index in [4.69, 9.17) is 5.11 Å². The first kappa shape index (κ1) is 29.0. The molecule has 32 heavy (non-hydrogen) atoms. The molecule has 0 spiro atoms. The van der Waals surface area contributed by atoms with E-state index in [1.165, 1.54) is 25.5 Å². The Morgan fingerprint density at radius 3 is 1.69 bits per heavy atom. The quantitative estimate of drug-likeness (QED) is 0.217. The molecule has 174 valence electrons.